The molecule has 0 aromatic carbocycles. The molecule has 2 nitrogen and oxygen atoms in total. The van der Waals surface area contributed by atoms with Crippen LogP contribution in [0.1, 0.15) is 12.8 Å². The van der Waals surface area contributed by atoms with Crippen molar-refractivity contribution < 1.29 is 17.9 Å². The molecule has 2 fully saturated rings. The molecule has 4 atom stereocenters. The van der Waals surface area contributed by atoms with E-state index in [1.54, 1.807) is 0 Å². The lowest BCUT2D eigenvalue weighted by molar-refractivity contribution is -0.188. The number of alkyl halides is 3. The van der Waals surface area contributed by atoms with Gasteiger partial charge in [-0.1, -0.05) is 0 Å². The molecule has 5 heteroatoms. The van der Waals surface area contributed by atoms with Gasteiger partial charge in [-0.2, -0.15) is 13.2 Å². The van der Waals surface area contributed by atoms with Crippen LogP contribution in [-0.4, -0.2) is 24.4 Å². The molecule has 2 N–H and O–H groups in total. The van der Waals surface area contributed by atoms with Gasteiger partial charge < -0.3 is 10.5 Å². The molecule has 0 aromatic rings. The van der Waals surface area contributed by atoms with Crippen molar-refractivity contribution in [3.05, 3.63) is 0 Å². The lowest BCUT2D eigenvalue weighted by Gasteiger charge is -2.26. The molecule has 12 heavy (non-hydrogen) atoms. The van der Waals surface area contributed by atoms with Crippen LogP contribution < -0.4 is 5.73 Å². The highest BCUT2D eigenvalue weighted by atomic mass is 19.4. The quantitative estimate of drug-likeness (QED) is 0.606. The highest BCUT2D eigenvalue weighted by molar-refractivity contribution is 5.01. The van der Waals surface area contributed by atoms with E-state index >= 15 is 0 Å². The molecular formula is C7H10F3NO. The average molecular weight is 181 g/mol. The van der Waals surface area contributed by atoms with Gasteiger partial charge in [-0.25, -0.2) is 0 Å². The van der Waals surface area contributed by atoms with Gasteiger partial charge in [0.05, 0.1) is 18.1 Å². The van der Waals surface area contributed by atoms with Gasteiger partial charge in [-0.05, 0) is 12.8 Å². The number of ether oxygens (including phenoxy) is 1. The lowest BCUT2D eigenvalue weighted by Crippen LogP contribution is -2.47. The normalized spacial score (nSPS) is 47.0. The van der Waals surface area contributed by atoms with Crippen LogP contribution in [0.15, 0.2) is 0 Å². The van der Waals surface area contributed by atoms with Crippen LogP contribution in [0.4, 0.5) is 13.2 Å². The monoisotopic (exact) mass is 181 g/mol. The fourth-order valence-electron chi connectivity index (χ4n) is 2.14. The van der Waals surface area contributed by atoms with Crippen molar-refractivity contribution in [1.82, 2.24) is 0 Å². The van der Waals surface area contributed by atoms with Crippen molar-refractivity contribution in [3.8, 4) is 0 Å². The zero-order valence-corrected chi connectivity index (χ0v) is 6.34. The van der Waals surface area contributed by atoms with Crippen molar-refractivity contribution in [2.75, 3.05) is 0 Å². The Kier molecular flexibility index (Phi) is 1.63. The largest absolute Gasteiger partial charge is 0.395 e. The summed E-state index contributed by atoms with van der Waals surface area (Å²) < 4.78 is 42.0. The summed E-state index contributed by atoms with van der Waals surface area (Å²) in [7, 11) is 0. The standard InChI is InChI=1S/C7H10F3NO/c8-7(9,10)5-3-1-2-4(12-3)6(5)11/h3-6H,1-2,11H2/t3-,4+,5-,6+/m1/s1. The Morgan fingerprint density at radius 1 is 1.17 bits per heavy atom. The molecule has 0 saturated carbocycles. The summed E-state index contributed by atoms with van der Waals surface area (Å²) >= 11 is 0. The Bertz CT molecular complexity index is 192. The second-order valence-corrected chi connectivity index (χ2v) is 3.44. The Balaban J connectivity index is 2.17. The van der Waals surface area contributed by atoms with E-state index in [1.165, 1.54) is 0 Å². The van der Waals surface area contributed by atoms with Gasteiger partial charge in [0.25, 0.3) is 0 Å². The highest BCUT2D eigenvalue weighted by Crippen LogP contribution is 2.45. The smallest absolute Gasteiger partial charge is 0.373 e. The van der Waals surface area contributed by atoms with Gasteiger partial charge in [0.2, 0.25) is 0 Å². The third-order valence-corrected chi connectivity index (χ3v) is 2.71. The lowest BCUT2D eigenvalue weighted by atomic mass is 9.85. The van der Waals surface area contributed by atoms with E-state index < -0.39 is 24.2 Å². The van der Waals surface area contributed by atoms with Gasteiger partial charge in [0, 0.05) is 6.04 Å². The molecule has 0 spiro atoms. The molecule has 0 amide bonds. The Labute approximate surface area is 67.9 Å². The molecule has 2 rings (SSSR count). The van der Waals surface area contributed by atoms with E-state index in [9.17, 15) is 13.2 Å². The number of hydrogen-bond acceptors (Lipinski definition) is 2. The fourth-order valence-corrected chi connectivity index (χ4v) is 2.14. The van der Waals surface area contributed by atoms with E-state index in [0.29, 0.717) is 12.8 Å². The first kappa shape index (κ1) is 8.31. The van der Waals surface area contributed by atoms with Crippen LogP contribution in [0.25, 0.3) is 0 Å². The molecule has 0 radical (unpaired) electrons. The summed E-state index contributed by atoms with van der Waals surface area (Å²) in [6.45, 7) is 0. The number of fused-ring (bicyclic) bond motifs is 2. The zero-order valence-electron chi connectivity index (χ0n) is 6.34. The first-order valence-electron chi connectivity index (χ1n) is 3.98. The van der Waals surface area contributed by atoms with Crippen molar-refractivity contribution in [2.45, 2.75) is 37.3 Å². The fraction of sp³-hybridized carbons (Fsp3) is 1.00. The first-order valence-corrected chi connectivity index (χ1v) is 3.98. The van der Waals surface area contributed by atoms with Crippen LogP contribution in [0.5, 0.6) is 0 Å². The zero-order chi connectivity index (χ0) is 8.93. The van der Waals surface area contributed by atoms with Crippen LogP contribution in [0, 0.1) is 5.92 Å². The number of nitrogens with two attached hydrogens (primary N) is 1. The Morgan fingerprint density at radius 3 is 2.08 bits per heavy atom. The van der Waals surface area contributed by atoms with Crippen molar-refractivity contribution in [3.63, 3.8) is 0 Å². The maximum atomic E-state index is 12.3. The maximum absolute atomic E-state index is 12.3. The van der Waals surface area contributed by atoms with Crippen LogP contribution in [0.2, 0.25) is 0 Å². The predicted molar refractivity (Wildman–Crippen MR) is 35.4 cm³/mol. The molecule has 0 unspecified atom stereocenters. The Morgan fingerprint density at radius 2 is 1.75 bits per heavy atom. The molecule has 2 bridgehead atoms. The minimum absolute atomic E-state index is 0.360. The van der Waals surface area contributed by atoms with E-state index in [4.69, 9.17) is 10.5 Å². The summed E-state index contributed by atoms with van der Waals surface area (Å²) in [5, 5.41) is 0. The van der Waals surface area contributed by atoms with Crippen LogP contribution >= 0.6 is 0 Å². The third kappa shape index (κ3) is 1.03. The van der Waals surface area contributed by atoms with Crippen LogP contribution in [-0.2, 0) is 4.74 Å². The number of hydrogen-bond donors (Lipinski definition) is 1. The average Bonchev–Trinajstić information content (AvgIpc) is 2.42. The summed E-state index contributed by atoms with van der Waals surface area (Å²) in [4.78, 5) is 0. The van der Waals surface area contributed by atoms with Gasteiger partial charge in [-0.15, -0.1) is 0 Å². The van der Waals surface area contributed by atoms with E-state index in [1.807, 2.05) is 0 Å². The van der Waals surface area contributed by atoms with E-state index in [-0.39, 0.29) is 6.10 Å². The van der Waals surface area contributed by atoms with Gasteiger partial charge in [-0.3, -0.25) is 0 Å². The molecular weight excluding hydrogens is 171 g/mol. The molecule has 2 saturated heterocycles. The van der Waals surface area contributed by atoms with Gasteiger partial charge >= 0.3 is 6.18 Å². The maximum Gasteiger partial charge on any atom is 0.395 e. The molecule has 70 valence electrons. The first-order chi connectivity index (χ1) is 5.50. The van der Waals surface area contributed by atoms with Crippen molar-refractivity contribution >= 4 is 0 Å². The number of rotatable bonds is 0. The van der Waals surface area contributed by atoms with Crippen LogP contribution in [0.3, 0.4) is 0 Å². The third-order valence-electron chi connectivity index (χ3n) is 2.71. The summed E-state index contributed by atoms with van der Waals surface area (Å²) in [6, 6.07) is -0.844. The second kappa shape index (κ2) is 2.35. The minimum Gasteiger partial charge on any atom is -0.373 e. The van der Waals surface area contributed by atoms with Gasteiger partial charge in [0.15, 0.2) is 0 Å². The molecule has 2 aliphatic heterocycles. The number of halogens is 3. The predicted octanol–water partition coefficient (Wildman–Crippen LogP) is 1.05. The molecule has 2 aliphatic rings. The summed E-state index contributed by atoms with van der Waals surface area (Å²) in [5.41, 5.74) is 5.41. The summed E-state index contributed by atoms with van der Waals surface area (Å²) in [6.07, 6.45) is -4.05. The second-order valence-electron chi connectivity index (χ2n) is 3.44. The molecule has 0 aromatic heterocycles. The molecule has 2 heterocycles. The van der Waals surface area contributed by atoms with E-state index in [0.717, 1.165) is 0 Å². The Hall–Kier alpha value is -0.290. The molecule has 0 aliphatic carbocycles. The highest BCUT2D eigenvalue weighted by Gasteiger charge is 2.58. The topological polar surface area (TPSA) is 35.2 Å². The summed E-state index contributed by atoms with van der Waals surface area (Å²) in [5.74, 6) is -1.43. The van der Waals surface area contributed by atoms with E-state index in [2.05, 4.69) is 0 Å². The van der Waals surface area contributed by atoms with Gasteiger partial charge in [0.1, 0.15) is 0 Å². The minimum atomic E-state index is -4.20. The van der Waals surface area contributed by atoms with Crippen molar-refractivity contribution in [1.29, 1.82) is 0 Å². The van der Waals surface area contributed by atoms with Crippen molar-refractivity contribution in [2.24, 2.45) is 11.7 Å². The SMILES string of the molecule is N[C@@H]1[C@H](C(F)(F)F)[C@H]2CC[C@@H]1O2.